The van der Waals surface area contributed by atoms with Crippen LogP contribution in [0, 0.1) is 5.92 Å². The van der Waals surface area contributed by atoms with Crippen LogP contribution in [0.15, 0.2) is 12.1 Å². The van der Waals surface area contributed by atoms with Gasteiger partial charge >= 0.3 is 6.09 Å². The molecule has 0 bridgehead atoms. The zero-order chi connectivity index (χ0) is 14.8. The molecule has 1 fully saturated rings. The molecule has 2 aromatic heterocycles. The van der Waals surface area contributed by atoms with Gasteiger partial charge in [-0.3, -0.25) is 0 Å². The van der Waals surface area contributed by atoms with Crippen LogP contribution in [0.4, 0.5) is 10.6 Å². The summed E-state index contributed by atoms with van der Waals surface area (Å²) in [6.07, 6.45) is 1.88. The lowest BCUT2D eigenvalue weighted by molar-refractivity contribution is 0.140. The number of hydrogen-bond acceptors (Lipinski definition) is 6. The summed E-state index contributed by atoms with van der Waals surface area (Å²) < 4.78 is 6.72. The van der Waals surface area contributed by atoms with E-state index in [0.29, 0.717) is 24.0 Å². The number of nitrogens with zero attached hydrogens (tertiary/aromatic N) is 5. The molecular weight excluding hydrogens is 272 g/mol. The van der Waals surface area contributed by atoms with E-state index in [4.69, 9.17) is 4.74 Å². The average molecular weight is 290 g/mol. The Morgan fingerprint density at radius 2 is 2.24 bits per heavy atom. The summed E-state index contributed by atoms with van der Waals surface area (Å²) in [5.74, 6) is 1.91. The lowest BCUT2D eigenvalue weighted by Crippen LogP contribution is -2.26. The van der Waals surface area contributed by atoms with E-state index in [1.807, 2.05) is 31.1 Å². The highest BCUT2D eigenvalue weighted by atomic mass is 16.5. The van der Waals surface area contributed by atoms with Gasteiger partial charge in [-0.05, 0) is 30.9 Å². The third-order valence-electron chi connectivity index (χ3n) is 3.31. The highest BCUT2D eigenvalue weighted by Gasteiger charge is 2.23. The first-order chi connectivity index (χ1) is 10.1. The zero-order valence-electron chi connectivity index (χ0n) is 12.1. The molecule has 2 aromatic rings. The van der Waals surface area contributed by atoms with Gasteiger partial charge in [0.1, 0.15) is 5.82 Å². The SMILES string of the molecule is CN(C)c1ccc2nnc(CNC(=O)OCC3CC3)n2n1. The maximum absolute atomic E-state index is 11.6. The van der Waals surface area contributed by atoms with Gasteiger partial charge in [-0.25, -0.2) is 4.79 Å². The van der Waals surface area contributed by atoms with Crippen molar-refractivity contribution in [2.75, 3.05) is 25.6 Å². The van der Waals surface area contributed by atoms with Gasteiger partial charge in [-0.1, -0.05) is 0 Å². The predicted octanol–water partition coefficient (Wildman–Crippen LogP) is 0.826. The molecular formula is C13H18N6O2. The van der Waals surface area contributed by atoms with Crippen LogP contribution in [-0.2, 0) is 11.3 Å². The van der Waals surface area contributed by atoms with Crippen molar-refractivity contribution in [1.29, 1.82) is 0 Å². The summed E-state index contributed by atoms with van der Waals surface area (Å²) in [6.45, 7) is 0.726. The Bertz CT molecular complexity index is 649. The standard InChI is InChI=1S/C13H18N6O2/c1-18(2)11-6-5-10-15-16-12(19(10)17-11)7-14-13(20)21-8-9-3-4-9/h5-6,9H,3-4,7-8H2,1-2H3,(H,14,20). The molecule has 8 nitrogen and oxygen atoms in total. The summed E-state index contributed by atoms with van der Waals surface area (Å²) >= 11 is 0. The van der Waals surface area contributed by atoms with Gasteiger partial charge in [0.25, 0.3) is 0 Å². The number of alkyl carbamates (subject to hydrolysis) is 1. The van der Waals surface area contributed by atoms with Crippen molar-refractivity contribution in [2.45, 2.75) is 19.4 Å². The largest absolute Gasteiger partial charge is 0.449 e. The van der Waals surface area contributed by atoms with E-state index in [0.717, 1.165) is 18.7 Å². The Morgan fingerprint density at radius 1 is 1.43 bits per heavy atom. The van der Waals surface area contributed by atoms with Crippen LogP contribution >= 0.6 is 0 Å². The number of fused-ring (bicyclic) bond motifs is 1. The number of aromatic nitrogens is 4. The topological polar surface area (TPSA) is 84.7 Å². The normalized spacial score (nSPS) is 14.2. The van der Waals surface area contributed by atoms with Gasteiger partial charge in [0.05, 0.1) is 13.2 Å². The molecule has 1 aliphatic carbocycles. The Kier molecular flexibility index (Phi) is 3.59. The summed E-state index contributed by atoms with van der Waals surface area (Å²) in [5.41, 5.74) is 0.642. The second kappa shape index (κ2) is 5.55. The van der Waals surface area contributed by atoms with Crippen LogP contribution in [0.3, 0.4) is 0 Å². The Balaban J connectivity index is 1.65. The molecule has 1 amide bonds. The summed E-state index contributed by atoms with van der Waals surface area (Å²) in [4.78, 5) is 13.5. The molecule has 2 heterocycles. The first-order valence-corrected chi connectivity index (χ1v) is 6.93. The van der Waals surface area contributed by atoms with Gasteiger partial charge in [-0.2, -0.15) is 4.52 Å². The number of amides is 1. The van der Waals surface area contributed by atoms with Gasteiger partial charge in [-0.15, -0.1) is 15.3 Å². The van der Waals surface area contributed by atoms with E-state index < -0.39 is 6.09 Å². The fraction of sp³-hybridized carbons (Fsp3) is 0.538. The van der Waals surface area contributed by atoms with Crippen molar-refractivity contribution in [2.24, 2.45) is 5.92 Å². The first kappa shape index (κ1) is 13.6. The lowest BCUT2D eigenvalue weighted by Gasteiger charge is -2.11. The van der Waals surface area contributed by atoms with Gasteiger partial charge < -0.3 is 15.0 Å². The predicted molar refractivity (Wildman–Crippen MR) is 76.0 cm³/mol. The summed E-state index contributed by atoms with van der Waals surface area (Å²) in [7, 11) is 3.82. The quantitative estimate of drug-likeness (QED) is 0.878. The number of nitrogens with one attached hydrogen (secondary N) is 1. The maximum atomic E-state index is 11.6. The minimum Gasteiger partial charge on any atom is -0.449 e. The van der Waals surface area contributed by atoms with Crippen molar-refractivity contribution < 1.29 is 9.53 Å². The van der Waals surface area contributed by atoms with Crippen molar-refractivity contribution in [3.63, 3.8) is 0 Å². The second-order valence-corrected chi connectivity index (χ2v) is 5.37. The van der Waals surface area contributed by atoms with Crippen molar-refractivity contribution in [3.8, 4) is 0 Å². The maximum Gasteiger partial charge on any atom is 0.407 e. The molecule has 112 valence electrons. The Morgan fingerprint density at radius 3 is 2.95 bits per heavy atom. The molecule has 0 unspecified atom stereocenters. The molecule has 21 heavy (non-hydrogen) atoms. The molecule has 0 saturated heterocycles. The van der Waals surface area contributed by atoms with Crippen LogP contribution in [0.2, 0.25) is 0 Å². The molecule has 1 saturated carbocycles. The number of rotatable bonds is 5. The highest BCUT2D eigenvalue weighted by Crippen LogP contribution is 2.28. The fourth-order valence-corrected chi connectivity index (χ4v) is 1.85. The van der Waals surface area contributed by atoms with Gasteiger partial charge in [0.2, 0.25) is 0 Å². The van der Waals surface area contributed by atoms with E-state index >= 15 is 0 Å². The van der Waals surface area contributed by atoms with Crippen molar-refractivity contribution in [3.05, 3.63) is 18.0 Å². The molecule has 1 N–H and O–H groups in total. The van der Waals surface area contributed by atoms with E-state index in [-0.39, 0.29) is 6.54 Å². The molecule has 8 heteroatoms. The van der Waals surface area contributed by atoms with Crippen LogP contribution in [-0.4, -0.2) is 46.6 Å². The monoisotopic (exact) mass is 290 g/mol. The van der Waals surface area contributed by atoms with Gasteiger partial charge in [0, 0.05) is 14.1 Å². The van der Waals surface area contributed by atoms with Crippen molar-refractivity contribution in [1.82, 2.24) is 25.1 Å². The third-order valence-corrected chi connectivity index (χ3v) is 3.31. The van der Waals surface area contributed by atoms with Crippen LogP contribution < -0.4 is 10.2 Å². The van der Waals surface area contributed by atoms with E-state index in [2.05, 4.69) is 20.6 Å². The van der Waals surface area contributed by atoms with Crippen LogP contribution in [0.25, 0.3) is 5.65 Å². The fourth-order valence-electron chi connectivity index (χ4n) is 1.85. The number of carbonyl (C=O) groups is 1. The minimum atomic E-state index is -0.428. The minimum absolute atomic E-state index is 0.231. The Labute approximate surface area is 122 Å². The average Bonchev–Trinajstić information content (AvgIpc) is 3.22. The van der Waals surface area contributed by atoms with Gasteiger partial charge in [0.15, 0.2) is 11.5 Å². The molecule has 0 aliphatic heterocycles. The summed E-state index contributed by atoms with van der Waals surface area (Å²) in [6, 6.07) is 3.70. The zero-order valence-corrected chi connectivity index (χ0v) is 12.1. The van der Waals surface area contributed by atoms with Crippen molar-refractivity contribution >= 4 is 17.6 Å². The highest BCUT2D eigenvalue weighted by molar-refractivity contribution is 5.67. The van der Waals surface area contributed by atoms with E-state index in [1.165, 1.54) is 0 Å². The molecule has 3 rings (SSSR count). The second-order valence-electron chi connectivity index (χ2n) is 5.37. The van der Waals surface area contributed by atoms with E-state index in [9.17, 15) is 4.79 Å². The number of ether oxygens (including phenoxy) is 1. The Hall–Kier alpha value is -2.38. The first-order valence-electron chi connectivity index (χ1n) is 6.93. The number of hydrogen-bond donors (Lipinski definition) is 1. The molecule has 0 atom stereocenters. The third kappa shape index (κ3) is 3.21. The number of carbonyl (C=O) groups excluding carboxylic acids is 1. The van der Waals surface area contributed by atoms with Crippen LogP contribution in [0.5, 0.6) is 0 Å². The van der Waals surface area contributed by atoms with E-state index in [1.54, 1.807) is 4.52 Å². The molecule has 0 spiro atoms. The summed E-state index contributed by atoms with van der Waals surface area (Å²) in [5, 5.41) is 15.2. The smallest absolute Gasteiger partial charge is 0.407 e. The molecule has 1 aliphatic rings. The molecule has 0 radical (unpaired) electrons. The number of anilines is 1. The molecule has 0 aromatic carbocycles. The van der Waals surface area contributed by atoms with Crippen LogP contribution in [0.1, 0.15) is 18.7 Å². The lowest BCUT2D eigenvalue weighted by atomic mass is 10.5.